The van der Waals surface area contributed by atoms with Crippen molar-refractivity contribution >= 4 is 35.1 Å². The number of halogens is 1. The van der Waals surface area contributed by atoms with Crippen LogP contribution in [0.4, 0.5) is 5.69 Å². The Morgan fingerprint density at radius 2 is 1.96 bits per heavy atom. The Balaban J connectivity index is 2.78. The molecule has 0 saturated carbocycles. The third-order valence-corrected chi connectivity index (χ3v) is 4.02. The van der Waals surface area contributed by atoms with Gasteiger partial charge in [-0.05, 0) is 24.6 Å². The molecule has 0 radical (unpaired) electrons. The van der Waals surface area contributed by atoms with Gasteiger partial charge < -0.3 is 15.0 Å². The lowest BCUT2D eigenvalue weighted by molar-refractivity contribution is -0.121. The van der Waals surface area contributed by atoms with E-state index in [9.17, 15) is 14.4 Å². The van der Waals surface area contributed by atoms with E-state index in [1.807, 2.05) is 0 Å². The zero-order chi connectivity index (χ0) is 18.8. The van der Waals surface area contributed by atoms with Gasteiger partial charge >= 0.3 is 5.97 Å². The van der Waals surface area contributed by atoms with Crippen molar-refractivity contribution in [2.45, 2.75) is 39.5 Å². The van der Waals surface area contributed by atoms with Crippen molar-refractivity contribution in [2.24, 2.45) is 0 Å². The Morgan fingerprint density at radius 3 is 2.56 bits per heavy atom. The Kier molecular flexibility index (Phi) is 8.99. The maximum absolute atomic E-state index is 12.0. The summed E-state index contributed by atoms with van der Waals surface area (Å²) in [5.41, 5.74) is 0.674. The molecule has 0 atom stereocenters. The van der Waals surface area contributed by atoms with Gasteiger partial charge in [0.2, 0.25) is 11.8 Å². The van der Waals surface area contributed by atoms with Crippen molar-refractivity contribution in [3.63, 3.8) is 0 Å². The fraction of sp³-hybridized carbons (Fsp3) is 0.500. The van der Waals surface area contributed by atoms with E-state index in [-0.39, 0.29) is 30.3 Å². The van der Waals surface area contributed by atoms with Crippen LogP contribution in [0.2, 0.25) is 5.02 Å². The van der Waals surface area contributed by atoms with Gasteiger partial charge in [0.1, 0.15) is 0 Å². The van der Waals surface area contributed by atoms with Gasteiger partial charge in [0, 0.05) is 26.4 Å². The number of carbonyl (C=O) groups excluding carboxylic acids is 3. The van der Waals surface area contributed by atoms with Crippen LogP contribution in [0.3, 0.4) is 0 Å². The van der Waals surface area contributed by atoms with Crippen LogP contribution in [-0.4, -0.2) is 38.0 Å². The van der Waals surface area contributed by atoms with Gasteiger partial charge in [-0.1, -0.05) is 31.4 Å². The zero-order valence-corrected chi connectivity index (χ0v) is 15.7. The molecule has 1 N–H and O–H groups in total. The smallest absolute Gasteiger partial charge is 0.337 e. The van der Waals surface area contributed by atoms with E-state index in [0.717, 1.165) is 19.3 Å². The number of esters is 1. The summed E-state index contributed by atoms with van der Waals surface area (Å²) in [5, 5.41) is 3.16. The van der Waals surface area contributed by atoms with Crippen LogP contribution < -0.4 is 10.2 Å². The normalized spacial score (nSPS) is 10.2. The molecule has 7 heteroatoms. The number of anilines is 1. The summed E-state index contributed by atoms with van der Waals surface area (Å²) >= 11 is 6.17. The van der Waals surface area contributed by atoms with Gasteiger partial charge in [-0.15, -0.1) is 0 Å². The van der Waals surface area contributed by atoms with Gasteiger partial charge in [0.15, 0.2) is 0 Å². The number of nitrogens with one attached hydrogen (secondary N) is 1. The molecule has 6 nitrogen and oxygen atoms in total. The lowest BCUT2D eigenvalue weighted by atomic mass is 10.1. The summed E-state index contributed by atoms with van der Waals surface area (Å²) in [5.74, 6) is -0.902. The van der Waals surface area contributed by atoms with Crippen LogP contribution in [0.15, 0.2) is 18.2 Å². The number of hydrogen-bond donors (Lipinski definition) is 1. The van der Waals surface area contributed by atoms with Crippen LogP contribution in [0.1, 0.15) is 49.9 Å². The lowest BCUT2D eigenvalue weighted by Crippen LogP contribution is -2.34. The number of carbonyl (C=O) groups is 3. The zero-order valence-electron chi connectivity index (χ0n) is 14.9. The van der Waals surface area contributed by atoms with Crippen LogP contribution in [0.5, 0.6) is 0 Å². The van der Waals surface area contributed by atoms with E-state index in [1.54, 1.807) is 0 Å². The molecule has 0 spiro atoms. The fourth-order valence-corrected chi connectivity index (χ4v) is 2.54. The van der Waals surface area contributed by atoms with Crippen LogP contribution in [-0.2, 0) is 14.3 Å². The number of unbranched alkanes of at least 4 members (excludes halogenated alkanes) is 2. The molecule has 0 heterocycles. The molecule has 138 valence electrons. The molecule has 0 aliphatic rings. The number of hydrogen-bond acceptors (Lipinski definition) is 4. The Hall–Kier alpha value is -2.08. The molecule has 25 heavy (non-hydrogen) atoms. The largest absolute Gasteiger partial charge is 0.465 e. The summed E-state index contributed by atoms with van der Waals surface area (Å²) in [4.78, 5) is 37.0. The van der Waals surface area contributed by atoms with Gasteiger partial charge in [0.25, 0.3) is 0 Å². The van der Waals surface area contributed by atoms with E-state index < -0.39 is 5.97 Å². The molecule has 1 aromatic rings. The van der Waals surface area contributed by atoms with Crippen molar-refractivity contribution in [1.29, 1.82) is 0 Å². The second-order valence-electron chi connectivity index (χ2n) is 5.64. The number of nitrogens with zero attached hydrogens (tertiary/aromatic N) is 1. The summed E-state index contributed by atoms with van der Waals surface area (Å²) < 4.78 is 4.68. The maximum Gasteiger partial charge on any atom is 0.337 e. The molecule has 1 rings (SSSR count). The number of ether oxygens (including phenoxy) is 1. The average Bonchev–Trinajstić information content (AvgIpc) is 2.59. The van der Waals surface area contributed by atoms with Gasteiger partial charge in [-0.3, -0.25) is 9.59 Å². The molecule has 0 saturated heterocycles. The molecular formula is C18H25ClN2O4. The number of amides is 2. The van der Waals surface area contributed by atoms with Crippen molar-refractivity contribution in [3.05, 3.63) is 28.8 Å². The molecule has 1 aromatic carbocycles. The first-order valence-corrected chi connectivity index (χ1v) is 8.71. The van der Waals surface area contributed by atoms with Gasteiger partial charge in [0.05, 0.1) is 23.4 Å². The SMILES string of the molecule is CCCCCNC(=O)CCN(C(C)=O)c1cc(C(=O)OC)ccc1Cl. The highest BCUT2D eigenvalue weighted by Crippen LogP contribution is 2.27. The first-order chi connectivity index (χ1) is 11.9. The highest BCUT2D eigenvalue weighted by molar-refractivity contribution is 6.34. The topological polar surface area (TPSA) is 75.7 Å². The summed E-state index contributed by atoms with van der Waals surface area (Å²) in [6, 6.07) is 4.55. The molecule has 0 aliphatic carbocycles. The van der Waals surface area contributed by atoms with E-state index >= 15 is 0 Å². The van der Waals surface area contributed by atoms with E-state index in [4.69, 9.17) is 11.6 Å². The van der Waals surface area contributed by atoms with Crippen molar-refractivity contribution in [3.8, 4) is 0 Å². The van der Waals surface area contributed by atoms with E-state index in [1.165, 1.54) is 37.1 Å². The minimum absolute atomic E-state index is 0.123. The highest BCUT2D eigenvalue weighted by atomic mass is 35.5. The molecule has 0 aromatic heterocycles. The summed E-state index contributed by atoms with van der Waals surface area (Å²) in [7, 11) is 1.28. The Labute approximate surface area is 153 Å². The molecule has 0 bridgehead atoms. The lowest BCUT2D eigenvalue weighted by Gasteiger charge is -2.22. The summed E-state index contributed by atoms with van der Waals surface area (Å²) in [6.45, 7) is 4.30. The van der Waals surface area contributed by atoms with Crippen molar-refractivity contribution < 1.29 is 19.1 Å². The number of rotatable bonds is 9. The van der Waals surface area contributed by atoms with E-state index in [2.05, 4.69) is 17.0 Å². The second-order valence-corrected chi connectivity index (χ2v) is 6.04. The minimum Gasteiger partial charge on any atom is -0.465 e. The van der Waals surface area contributed by atoms with Crippen LogP contribution in [0, 0.1) is 0 Å². The predicted octanol–water partition coefficient (Wildman–Crippen LogP) is 3.18. The monoisotopic (exact) mass is 368 g/mol. The second kappa shape index (κ2) is 10.7. The minimum atomic E-state index is -0.518. The Bertz CT molecular complexity index is 619. The number of methoxy groups -OCH3 is 1. The summed E-state index contributed by atoms with van der Waals surface area (Å²) in [6.07, 6.45) is 3.24. The standard InChI is InChI=1S/C18H25ClN2O4/c1-4-5-6-10-20-17(23)9-11-21(13(2)22)16-12-14(18(24)25-3)7-8-15(16)19/h7-8,12H,4-6,9-11H2,1-3H3,(H,20,23). The van der Waals surface area contributed by atoms with Crippen LogP contribution >= 0.6 is 11.6 Å². The van der Waals surface area contributed by atoms with Crippen LogP contribution in [0.25, 0.3) is 0 Å². The Morgan fingerprint density at radius 1 is 1.24 bits per heavy atom. The highest BCUT2D eigenvalue weighted by Gasteiger charge is 2.18. The quantitative estimate of drug-likeness (QED) is 0.536. The van der Waals surface area contributed by atoms with Crippen molar-refractivity contribution in [2.75, 3.05) is 25.1 Å². The molecule has 0 aliphatic heterocycles. The molecule has 0 unspecified atom stereocenters. The molecule has 0 fully saturated rings. The third-order valence-electron chi connectivity index (χ3n) is 3.70. The van der Waals surface area contributed by atoms with E-state index in [0.29, 0.717) is 17.3 Å². The predicted molar refractivity (Wildman–Crippen MR) is 98.0 cm³/mol. The van der Waals surface area contributed by atoms with Gasteiger partial charge in [-0.25, -0.2) is 4.79 Å². The first-order valence-electron chi connectivity index (χ1n) is 8.33. The molecular weight excluding hydrogens is 344 g/mol. The fourth-order valence-electron chi connectivity index (χ4n) is 2.32. The average molecular weight is 369 g/mol. The van der Waals surface area contributed by atoms with Gasteiger partial charge in [-0.2, -0.15) is 0 Å². The third kappa shape index (κ3) is 6.74. The molecule has 2 amide bonds. The first kappa shape index (κ1) is 21.0. The maximum atomic E-state index is 12.0. The van der Waals surface area contributed by atoms with Crippen molar-refractivity contribution in [1.82, 2.24) is 5.32 Å². The number of benzene rings is 1.